The lowest BCUT2D eigenvalue weighted by molar-refractivity contribution is -0.151. The second kappa shape index (κ2) is 6.68. The van der Waals surface area contributed by atoms with Gasteiger partial charge in [-0.3, -0.25) is 9.59 Å². The smallest absolute Gasteiger partial charge is 0.331 e. The van der Waals surface area contributed by atoms with Crippen LogP contribution in [0.25, 0.3) is 0 Å². The third-order valence-electron chi connectivity index (χ3n) is 2.98. The molecule has 1 aromatic heterocycles. The maximum absolute atomic E-state index is 12.5. The van der Waals surface area contributed by atoms with Gasteiger partial charge in [-0.15, -0.1) is 11.3 Å². The van der Waals surface area contributed by atoms with Gasteiger partial charge in [-0.2, -0.15) is 0 Å². The number of hydrogen-bond donors (Lipinski definition) is 1. The van der Waals surface area contributed by atoms with Gasteiger partial charge in [0.1, 0.15) is 0 Å². The summed E-state index contributed by atoms with van der Waals surface area (Å²) in [6.07, 6.45) is 0. The van der Waals surface area contributed by atoms with Crippen LogP contribution in [0.3, 0.4) is 0 Å². The molecule has 0 aromatic carbocycles. The molecule has 8 heteroatoms. The lowest BCUT2D eigenvalue weighted by Crippen LogP contribution is -2.52. The number of nitrogens with one attached hydrogen (secondary N) is 1. The monoisotopic (exact) mass is 312 g/mol. The first-order valence-corrected chi connectivity index (χ1v) is 7.18. The van der Waals surface area contributed by atoms with E-state index in [0.29, 0.717) is 23.0 Å². The molecular formula is C13H16N2O5S. The third kappa shape index (κ3) is 3.59. The molecule has 2 amide bonds. The van der Waals surface area contributed by atoms with E-state index in [1.54, 1.807) is 12.1 Å². The van der Waals surface area contributed by atoms with Crippen LogP contribution >= 0.6 is 11.3 Å². The van der Waals surface area contributed by atoms with Gasteiger partial charge in [0.25, 0.3) is 5.91 Å². The maximum Gasteiger partial charge on any atom is 0.331 e. The average molecular weight is 312 g/mol. The van der Waals surface area contributed by atoms with Gasteiger partial charge in [0.15, 0.2) is 6.04 Å². The zero-order chi connectivity index (χ0) is 15.4. The van der Waals surface area contributed by atoms with E-state index in [4.69, 9.17) is 9.47 Å². The molecule has 0 aliphatic carbocycles. The number of carbonyl (C=O) groups is 3. The van der Waals surface area contributed by atoms with Gasteiger partial charge in [0, 0.05) is 13.5 Å². The van der Waals surface area contributed by atoms with Gasteiger partial charge in [0.2, 0.25) is 5.91 Å². The van der Waals surface area contributed by atoms with Crippen molar-refractivity contribution in [3.63, 3.8) is 0 Å². The Hall–Kier alpha value is -1.93. The SMILES string of the molecule is COC(=O)C1COCCN1C(=O)c1ccc(NC(C)=O)s1. The molecule has 0 spiro atoms. The Labute approximate surface area is 125 Å². The van der Waals surface area contributed by atoms with Crippen LogP contribution in [0.4, 0.5) is 5.00 Å². The average Bonchev–Trinajstić information content (AvgIpc) is 2.93. The van der Waals surface area contributed by atoms with Crippen molar-refractivity contribution >= 4 is 34.1 Å². The van der Waals surface area contributed by atoms with Crippen molar-refractivity contribution in [2.45, 2.75) is 13.0 Å². The molecule has 7 nitrogen and oxygen atoms in total. The van der Waals surface area contributed by atoms with Crippen molar-refractivity contribution < 1.29 is 23.9 Å². The van der Waals surface area contributed by atoms with Crippen LogP contribution in [0.15, 0.2) is 12.1 Å². The number of esters is 1. The summed E-state index contributed by atoms with van der Waals surface area (Å²) in [4.78, 5) is 37.1. The van der Waals surface area contributed by atoms with Gasteiger partial charge in [-0.25, -0.2) is 4.79 Å². The molecule has 1 aliphatic heterocycles. The summed E-state index contributed by atoms with van der Waals surface area (Å²) in [6.45, 7) is 2.23. The summed E-state index contributed by atoms with van der Waals surface area (Å²) in [5.41, 5.74) is 0. The zero-order valence-corrected chi connectivity index (χ0v) is 12.6. The molecular weight excluding hydrogens is 296 g/mol. The number of carbonyl (C=O) groups excluding carboxylic acids is 3. The van der Waals surface area contributed by atoms with Gasteiger partial charge < -0.3 is 19.7 Å². The standard InChI is InChI=1S/C13H16N2O5S/c1-8(16)14-11-4-3-10(21-11)12(17)15-5-6-20-7-9(15)13(18)19-2/h3-4,9H,5-7H2,1-2H3,(H,14,16). The molecule has 2 heterocycles. The summed E-state index contributed by atoms with van der Waals surface area (Å²) >= 11 is 1.17. The minimum atomic E-state index is -0.734. The molecule has 21 heavy (non-hydrogen) atoms. The van der Waals surface area contributed by atoms with Crippen molar-refractivity contribution in [1.82, 2.24) is 4.90 Å². The maximum atomic E-state index is 12.5. The number of rotatable bonds is 3. The highest BCUT2D eigenvalue weighted by Gasteiger charge is 2.34. The van der Waals surface area contributed by atoms with E-state index in [-0.39, 0.29) is 18.4 Å². The first kappa shape index (κ1) is 15.5. The fourth-order valence-corrected chi connectivity index (χ4v) is 2.92. The Bertz CT molecular complexity index is 557. The van der Waals surface area contributed by atoms with Crippen LogP contribution in [0.2, 0.25) is 0 Å². The summed E-state index contributed by atoms with van der Waals surface area (Å²) in [6, 6.07) is 2.55. The van der Waals surface area contributed by atoms with E-state index >= 15 is 0 Å². The number of hydrogen-bond acceptors (Lipinski definition) is 6. The molecule has 1 saturated heterocycles. The molecule has 0 radical (unpaired) electrons. The molecule has 1 unspecified atom stereocenters. The number of thiophene rings is 1. The second-order valence-corrected chi connectivity index (χ2v) is 5.54. The van der Waals surface area contributed by atoms with Crippen molar-refractivity contribution in [2.75, 3.05) is 32.2 Å². The van der Waals surface area contributed by atoms with E-state index < -0.39 is 12.0 Å². The topological polar surface area (TPSA) is 84.9 Å². The lowest BCUT2D eigenvalue weighted by atomic mass is 10.2. The Kier molecular flexibility index (Phi) is 4.92. The van der Waals surface area contributed by atoms with Crippen molar-refractivity contribution in [2.24, 2.45) is 0 Å². The number of amides is 2. The first-order chi connectivity index (χ1) is 10.0. The number of morpholine rings is 1. The fourth-order valence-electron chi connectivity index (χ4n) is 2.01. The van der Waals surface area contributed by atoms with E-state index in [0.717, 1.165) is 0 Å². The van der Waals surface area contributed by atoms with E-state index in [9.17, 15) is 14.4 Å². The van der Waals surface area contributed by atoms with Gasteiger partial charge >= 0.3 is 5.97 Å². The summed E-state index contributed by atoms with van der Waals surface area (Å²) in [5, 5.41) is 3.21. The molecule has 1 fully saturated rings. The third-order valence-corrected chi connectivity index (χ3v) is 3.97. The van der Waals surface area contributed by atoms with Crippen molar-refractivity contribution in [1.29, 1.82) is 0 Å². The molecule has 1 N–H and O–H groups in total. The molecule has 1 aliphatic rings. The quantitative estimate of drug-likeness (QED) is 0.831. The second-order valence-electron chi connectivity index (χ2n) is 4.46. The number of ether oxygens (including phenoxy) is 2. The van der Waals surface area contributed by atoms with Crippen LogP contribution < -0.4 is 5.32 Å². The van der Waals surface area contributed by atoms with E-state index in [2.05, 4.69) is 5.32 Å². The van der Waals surface area contributed by atoms with Gasteiger partial charge in [-0.1, -0.05) is 0 Å². The highest BCUT2D eigenvalue weighted by Crippen LogP contribution is 2.24. The normalized spacial score (nSPS) is 18.2. The molecule has 114 valence electrons. The summed E-state index contributed by atoms with van der Waals surface area (Å²) < 4.78 is 9.93. The molecule has 0 bridgehead atoms. The minimum absolute atomic E-state index is 0.127. The summed E-state index contributed by atoms with van der Waals surface area (Å²) in [7, 11) is 1.28. The lowest BCUT2D eigenvalue weighted by Gasteiger charge is -2.33. The van der Waals surface area contributed by atoms with Crippen LogP contribution in [0.1, 0.15) is 16.6 Å². The number of nitrogens with zero attached hydrogens (tertiary/aromatic N) is 1. The highest BCUT2D eigenvalue weighted by molar-refractivity contribution is 7.18. The van der Waals surface area contributed by atoms with E-state index in [1.807, 2.05) is 0 Å². The predicted octanol–water partition coefficient (Wildman–Crippen LogP) is 0.720. The van der Waals surface area contributed by atoms with Crippen LogP contribution in [0.5, 0.6) is 0 Å². The first-order valence-electron chi connectivity index (χ1n) is 6.37. The number of methoxy groups -OCH3 is 1. The molecule has 1 atom stereocenters. The molecule has 2 rings (SSSR count). The fraction of sp³-hybridized carbons (Fsp3) is 0.462. The Morgan fingerprint density at radius 2 is 2.19 bits per heavy atom. The summed E-state index contributed by atoms with van der Waals surface area (Å²) in [5.74, 6) is -0.966. The Balaban J connectivity index is 2.14. The van der Waals surface area contributed by atoms with Crippen LogP contribution in [-0.2, 0) is 19.1 Å². The van der Waals surface area contributed by atoms with Crippen molar-refractivity contribution in [3.8, 4) is 0 Å². The largest absolute Gasteiger partial charge is 0.467 e. The number of anilines is 1. The minimum Gasteiger partial charge on any atom is -0.467 e. The van der Waals surface area contributed by atoms with Gasteiger partial charge in [-0.05, 0) is 12.1 Å². The van der Waals surface area contributed by atoms with Crippen molar-refractivity contribution in [3.05, 3.63) is 17.0 Å². The van der Waals surface area contributed by atoms with Gasteiger partial charge in [0.05, 0.1) is 30.2 Å². The van der Waals surface area contributed by atoms with Crippen LogP contribution in [0, 0.1) is 0 Å². The molecule has 1 aromatic rings. The Morgan fingerprint density at radius 1 is 1.43 bits per heavy atom. The predicted molar refractivity (Wildman–Crippen MR) is 76.3 cm³/mol. The molecule has 0 saturated carbocycles. The van der Waals surface area contributed by atoms with Crippen LogP contribution in [-0.4, -0.2) is 55.6 Å². The zero-order valence-electron chi connectivity index (χ0n) is 11.8. The highest BCUT2D eigenvalue weighted by atomic mass is 32.1. The Morgan fingerprint density at radius 3 is 2.86 bits per heavy atom. The van der Waals surface area contributed by atoms with E-state index in [1.165, 1.54) is 30.3 Å².